The van der Waals surface area contributed by atoms with Crippen LogP contribution >= 0.6 is 34.7 Å². The van der Waals surface area contributed by atoms with E-state index in [1.165, 1.54) is 11.3 Å². The summed E-state index contributed by atoms with van der Waals surface area (Å²) < 4.78 is 1.92. The minimum absolute atomic E-state index is 0.111. The van der Waals surface area contributed by atoms with Crippen molar-refractivity contribution >= 4 is 56.2 Å². The molecule has 9 heteroatoms. The molecule has 6 rings (SSSR count). The van der Waals surface area contributed by atoms with E-state index in [9.17, 15) is 4.79 Å². The van der Waals surface area contributed by atoms with E-state index in [1.54, 1.807) is 11.8 Å². The SMILES string of the molecule is O=C(CCl)Nc1cc(-c2ccccc2)c(-c2nnc3n2NC(c2ccccc2)=C(c2ccccc2)S3)s1. The molecule has 3 heterocycles. The molecule has 182 valence electrons. The third-order valence-corrected chi connectivity index (χ3v) is 8.16. The van der Waals surface area contributed by atoms with Gasteiger partial charge in [0.2, 0.25) is 11.1 Å². The van der Waals surface area contributed by atoms with Crippen LogP contribution in [0.3, 0.4) is 0 Å². The fraction of sp³-hybridized carbons (Fsp3) is 0.0357. The Morgan fingerprint density at radius 2 is 1.49 bits per heavy atom. The molecule has 0 aliphatic carbocycles. The fourth-order valence-corrected chi connectivity index (χ4v) is 6.25. The Morgan fingerprint density at radius 3 is 2.14 bits per heavy atom. The number of carbonyl (C=O) groups excluding carboxylic acids is 1. The van der Waals surface area contributed by atoms with Crippen molar-refractivity contribution in [1.29, 1.82) is 0 Å². The molecule has 0 atom stereocenters. The number of hydrogen-bond acceptors (Lipinski definition) is 6. The van der Waals surface area contributed by atoms with E-state index < -0.39 is 0 Å². The van der Waals surface area contributed by atoms with Gasteiger partial charge in [0.25, 0.3) is 0 Å². The van der Waals surface area contributed by atoms with Gasteiger partial charge in [-0.3, -0.25) is 10.2 Å². The number of thioether (sulfide) groups is 1. The molecule has 0 saturated carbocycles. The number of aromatic nitrogens is 3. The number of nitrogens with zero attached hydrogens (tertiary/aromatic N) is 3. The van der Waals surface area contributed by atoms with Crippen molar-refractivity contribution in [2.24, 2.45) is 0 Å². The van der Waals surface area contributed by atoms with E-state index in [2.05, 4.69) is 45.2 Å². The molecule has 0 spiro atoms. The van der Waals surface area contributed by atoms with Crippen LogP contribution in [0.5, 0.6) is 0 Å². The first kappa shape index (κ1) is 23.5. The largest absolute Gasteiger partial charge is 0.317 e. The van der Waals surface area contributed by atoms with Gasteiger partial charge < -0.3 is 5.32 Å². The van der Waals surface area contributed by atoms with Crippen LogP contribution in [-0.4, -0.2) is 26.7 Å². The molecular formula is C28H20ClN5OS2. The van der Waals surface area contributed by atoms with Crippen LogP contribution in [-0.2, 0) is 4.79 Å². The summed E-state index contributed by atoms with van der Waals surface area (Å²) in [7, 11) is 0. The highest BCUT2D eigenvalue weighted by atomic mass is 35.5. The molecule has 0 unspecified atom stereocenters. The Hall–Kier alpha value is -3.85. The zero-order chi connectivity index (χ0) is 25.2. The van der Waals surface area contributed by atoms with E-state index >= 15 is 0 Å². The summed E-state index contributed by atoms with van der Waals surface area (Å²) >= 11 is 8.77. The van der Waals surface area contributed by atoms with Gasteiger partial charge >= 0.3 is 0 Å². The molecule has 0 radical (unpaired) electrons. The number of nitrogens with one attached hydrogen (secondary N) is 2. The van der Waals surface area contributed by atoms with Crippen LogP contribution in [0.4, 0.5) is 5.00 Å². The minimum atomic E-state index is -0.257. The van der Waals surface area contributed by atoms with Crippen molar-refractivity contribution in [3.8, 4) is 21.8 Å². The van der Waals surface area contributed by atoms with Gasteiger partial charge in [-0.25, -0.2) is 4.68 Å². The third kappa shape index (κ3) is 4.67. The molecule has 2 aromatic heterocycles. The third-order valence-electron chi connectivity index (χ3n) is 5.78. The first-order valence-electron chi connectivity index (χ1n) is 11.5. The maximum absolute atomic E-state index is 12.0. The van der Waals surface area contributed by atoms with E-state index in [1.807, 2.05) is 77.5 Å². The highest BCUT2D eigenvalue weighted by Crippen LogP contribution is 2.46. The van der Waals surface area contributed by atoms with Crippen LogP contribution in [0.1, 0.15) is 11.1 Å². The predicted octanol–water partition coefficient (Wildman–Crippen LogP) is 7.03. The van der Waals surface area contributed by atoms with Gasteiger partial charge in [0.15, 0.2) is 5.82 Å². The van der Waals surface area contributed by atoms with Crippen molar-refractivity contribution in [1.82, 2.24) is 14.9 Å². The molecule has 37 heavy (non-hydrogen) atoms. The number of anilines is 1. The standard InChI is InChI=1S/C28H20ClN5OS2/c29-17-22(35)30-23-16-21(18-10-4-1-5-11-18)26(36-23)27-31-32-28-34(27)33-24(19-12-6-2-7-13-19)25(37-28)20-14-8-3-9-15-20/h1-16,33H,17H2,(H,30,35). The number of hydrogen-bond donors (Lipinski definition) is 2. The molecule has 1 aliphatic rings. The molecule has 0 bridgehead atoms. The lowest BCUT2D eigenvalue weighted by molar-refractivity contribution is -0.113. The Balaban J connectivity index is 1.48. The van der Waals surface area contributed by atoms with Gasteiger partial charge in [-0.2, -0.15) is 0 Å². The van der Waals surface area contributed by atoms with E-state index in [4.69, 9.17) is 11.6 Å². The Kier molecular flexibility index (Phi) is 6.53. The molecule has 3 aromatic carbocycles. The van der Waals surface area contributed by atoms with Gasteiger partial charge in [-0.15, -0.1) is 33.1 Å². The second-order valence-electron chi connectivity index (χ2n) is 8.19. The molecule has 0 saturated heterocycles. The van der Waals surface area contributed by atoms with Crippen LogP contribution in [0, 0.1) is 0 Å². The van der Waals surface area contributed by atoms with Crippen molar-refractivity contribution < 1.29 is 4.79 Å². The summed E-state index contributed by atoms with van der Waals surface area (Å²) in [4.78, 5) is 14.0. The zero-order valence-corrected chi connectivity index (χ0v) is 21.8. The topological polar surface area (TPSA) is 71.8 Å². The van der Waals surface area contributed by atoms with Crippen molar-refractivity contribution in [2.45, 2.75) is 5.16 Å². The zero-order valence-electron chi connectivity index (χ0n) is 19.4. The second-order valence-corrected chi connectivity index (χ2v) is 10.5. The predicted molar refractivity (Wildman–Crippen MR) is 153 cm³/mol. The molecule has 0 fully saturated rings. The van der Waals surface area contributed by atoms with E-state index in [-0.39, 0.29) is 11.8 Å². The van der Waals surface area contributed by atoms with E-state index in [0.29, 0.717) is 10.8 Å². The number of alkyl halides is 1. The highest BCUT2D eigenvalue weighted by molar-refractivity contribution is 8.08. The number of thiophene rings is 1. The Morgan fingerprint density at radius 1 is 0.865 bits per heavy atom. The minimum Gasteiger partial charge on any atom is -0.317 e. The number of halogens is 1. The summed E-state index contributed by atoms with van der Waals surface area (Å²) in [6.45, 7) is 0. The van der Waals surface area contributed by atoms with Crippen molar-refractivity contribution in [3.05, 3.63) is 108 Å². The number of carbonyl (C=O) groups is 1. The fourth-order valence-electron chi connectivity index (χ4n) is 4.10. The quantitative estimate of drug-likeness (QED) is 0.226. The van der Waals surface area contributed by atoms with E-state index in [0.717, 1.165) is 42.9 Å². The smallest absolute Gasteiger partial charge is 0.239 e. The number of fused-ring (bicyclic) bond motifs is 1. The van der Waals surface area contributed by atoms with Gasteiger partial charge in [0.05, 0.1) is 15.6 Å². The average Bonchev–Trinajstić information content (AvgIpc) is 3.57. The molecule has 2 N–H and O–H groups in total. The lowest BCUT2D eigenvalue weighted by atomic mass is 10.1. The maximum Gasteiger partial charge on any atom is 0.239 e. The number of amides is 1. The summed E-state index contributed by atoms with van der Waals surface area (Å²) in [6.07, 6.45) is 0. The van der Waals surface area contributed by atoms with Crippen molar-refractivity contribution in [2.75, 3.05) is 16.6 Å². The normalized spacial score (nSPS) is 12.7. The molecular weight excluding hydrogens is 522 g/mol. The average molecular weight is 542 g/mol. The summed E-state index contributed by atoms with van der Waals surface area (Å²) in [5.41, 5.74) is 8.70. The van der Waals surface area contributed by atoms with Crippen LogP contribution in [0.15, 0.2) is 102 Å². The molecule has 6 nitrogen and oxygen atoms in total. The molecule has 5 aromatic rings. The van der Waals surface area contributed by atoms with Crippen LogP contribution in [0.25, 0.3) is 32.4 Å². The van der Waals surface area contributed by atoms with Gasteiger partial charge in [-0.1, -0.05) is 91.0 Å². The first-order chi connectivity index (χ1) is 18.2. The van der Waals surface area contributed by atoms with Gasteiger partial charge in [0.1, 0.15) is 5.88 Å². The molecule has 1 aliphatic heterocycles. The van der Waals surface area contributed by atoms with Crippen LogP contribution in [0.2, 0.25) is 0 Å². The number of benzene rings is 3. The van der Waals surface area contributed by atoms with Gasteiger partial charge in [-0.05, 0) is 29.0 Å². The summed E-state index contributed by atoms with van der Waals surface area (Å²) in [6, 6.07) is 32.5. The summed E-state index contributed by atoms with van der Waals surface area (Å²) in [5.74, 6) is 0.297. The van der Waals surface area contributed by atoms with Crippen molar-refractivity contribution in [3.63, 3.8) is 0 Å². The Bertz CT molecular complexity index is 1600. The van der Waals surface area contributed by atoms with Crippen LogP contribution < -0.4 is 10.7 Å². The first-order valence-corrected chi connectivity index (χ1v) is 13.7. The second kappa shape index (κ2) is 10.3. The molecule has 1 amide bonds. The van der Waals surface area contributed by atoms with Gasteiger partial charge in [0, 0.05) is 16.0 Å². The highest BCUT2D eigenvalue weighted by Gasteiger charge is 2.28. The lowest BCUT2D eigenvalue weighted by Crippen LogP contribution is -2.20. The lowest BCUT2D eigenvalue weighted by Gasteiger charge is -2.24. The monoisotopic (exact) mass is 541 g/mol. The Labute approximate surface area is 227 Å². The number of rotatable bonds is 6. The maximum atomic E-state index is 12.0. The summed E-state index contributed by atoms with van der Waals surface area (Å²) in [5, 5.41) is 13.4.